The molecule has 24 heavy (non-hydrogen) atoms. The summed E-state index contributed by atoms with van der Waals surface area (Å²) in [7, 11) is 0. The first-order valence-electron chi connectivity index (χ1n) is 7.26. The van der Waals surface area contributed by atoms with Gasteiger partial charge in [0.05, 0.1) is 15.6 Å². The van der Waals surface area contributed by atoms with E-state index in [9.17, 15) is 4.79 Å². The molecule has 0 atom stereocenters. The molecule has 1 heterocycles. The zero-order chi connectivity index (χ0) is 16.9. The van der Waals surface area contributed by atoms with Gasteiger partial charge in [-0.3, -0.25) is 4.98 Å². The SMILES string of the molecule is O=C(/C=C/c1ccc(Cl)c(Cl)c1)OCc1cccc2cccnc12. The van der Waals surface area contributed by atoms with Gasteiger partial charge in [0.1, 0.15) is 6.61 Å². The van der Waals surface area contributed by atoms with Crippen LogP contribution in [0.5, 0.6) is 0 Å². The first kappa shape index (κ1) is 16.5. The molecule has 3 rings (SSSR count). The lowest BCUT2D eigenvalue weighted by Crippen LogP contribution is -2.01. The van der Waals surface area contributed by atoms with Gasteiger partial charge < -0.3 is 4.74 Å². The lowest BCUT2D eigenvalue weighted by molar-refractivity contribution is -0.138. The van der Waals surface area contributed by atoms with Crippen LogP contribution >= 0.6 is 23.2 Å². The Morgan fingerprint density at radius 3 is 2.75 bits per heavy atom. The number of halogens is 2. The number of nitrogens with zero attached hydrogens (tertiary/aromatic N) is 1. The van der Waals surface area contributed by atoms with E-state index < -0.39 is 5.97 Å². The Balaban J connectivity index is 1.66. The minimum absolute atomic E-state index is 0.166. The second-order valence-corrected chi connectivity index (χ2v) is 5.92. The number of hydrogen-bond acceptors (Lipinski definition) is 3. The molecule has 0 saturated carbocycles. The van der Waals surface area contributed by atoms with Gasteiger partial charge in [-0.05, 0) is 29.8 Å². The van der Waals surface area contributed by atoms with Gasteiger partial charge in [0.15, 0.2) is 0 Å². The predicted molar refractivity (Wildman–Crippen MR) is 97.0 cm³/mol. The summed E-state index contributed by atoms with van der Waals surface area (Å²) in [5, 5.41) is 1.92. The van der Waals surface area contributed by atoms with Gasteiger partial charge >= 0.3 is 5.97 Å². The van der Waals surface area contributed by atoms with Gasteiger partial charge in [-0.15, -0.1) is 0 Å². The molecule has 0 amide bonds. The Kier molecular flexibility index (Phi) is 5.14. The Bertz CT molecular complexity index is 917. The van der Waals surface area contributed by atoms with E-state index in [1.807, 2.05) is 30.3 Å². The van der Waals surface area contributed by atoms with Crippen LogP contribution in [-0.4, -0.2) is 11.0 Å². The van der Waals surface area contributed by atoms with E-state index in [0.717, 1.165) is 22.0 Å². The van der Waals surface area contributed by atoms with Crippen molar-refractivity contribution in [3.8, 4) is 0 Å². The maximum Gasteiger partial charge on any atom is 0.331 e. The van der Waals surface area contributed by atoms with E-state index in [1.54, 1.807) is 30.5 Å². The zero-order valence-electron chi connectivity index (χ0n) is 12.6. The van der Waals surface area contributed by atoms with Gasteiger partial charge in [-0.2, -0.15) is 0 Å². The number of benzene rings is 2. The topological polar surface area (TPSA) is 39.2 Å². The van der Waals surface area contributed by atoms with Crippen molar-refractivity contribution in [2.24, 2.45) is 0 Å². The Morgan fingerprint density at radius 1 is 1.08 bits per heavy atom. The van der Waals surface area contributed by atoms with Crippen LogP contribution < -0.4 is 0 Å². The van der Waals surface area contributed by atoms with Crippen molar-refractivity contribution in [2.75, 3.05) is 0 Å². The van der Waals surface area contributed by atoms with Crippen LogP contribution in [0.3, 0.4) is 0 Å². The van der Waals surface area contributed by atoms with Gasteiger partial charge in [0.2, 0.25) is 0 Å². The zero-order valence-corrected chi connectivity index (χ0v) is 14.1. The van der Waals surface area contributed by atoms with Crippen molar-refractivity contribution in [3.05, 3.63) is 82.0 Å². The second kappa shape index (κ2) is 7.47. The highest BCUT2D eigenvalue weighted by Gasteiger charge is 2.04. The third-order valence-corrected chi connectivity index (χ3v) is 4.18. The minimum atomic E-state index is -0.436. The van der Waals surface area contributed by atoms with Crippen molar-refractivity contribution in [1.82, 2.24) is 4.98 Å². The number of carbonyl (C=O) groups excluding carboxylic acids is 1. The summed E-state index contributed by atoms with van der Waals surface area (Å²) in [5.41, 5.74) is 2.47. The molecule has 0 fully saturated rings. The van der Waals surface area contributed by atoms with Crippen molar-refractivity contribution in [3.63, 3.8) is 0 Å². The third-order valence-electron chi connectivity index (χ3n) is 3.44. The van der Waals surface area contributed by atoms with Crippen LogP contribution in [0, 0.1) is 0 Å². The monoisotopic (exact) mass is 357 g/mol. The molecule has 5 heteroatoms. The number of rotatable bonds is 4. The van der Waals surface area contributed by atoms with E-state index in [1.165, 1.54) is 6.08 Å². The van der Waals surface area contributed by atoms with Gasteiger partial charge in [-0.25, -0.2) is 4.79 Å². The molecular weight excluding hydrogens is 345 g/mol. The number of para-hydroxylation sites is 1. The molecule has 120 valence electrons. The number of pyridine rings is 1. The molecule has 0 N–H and O–H groups in total. The Labute approximate surface area is 149 Å². The molecule has 0 spiro atoms. The molecule has 3 aromatic rings. The average Bonchev–Trinajstić information content (AvgIpc) is 2.61. The van der Waals surface area contributed by atoms with Crippen LogP contribution in [0.4, 0.5) is 0 Å². The molecular formula is C19H13Cl2NO2. The smallest absolute Gasteiger partial charge is 0.331 e. The molecule has 1 aromatic heterocycles. The molecule has 0 aliphatic heterocycles. The first-order valence-corrected chi connectivity index (χ1v) is 8.01. The lowest BCUT2D eigenvalue weighted by atomic mass is 10.1. The lowest BCUT2D eigenvalue weighted by Gasteiger charge is -2.05. The van der Waals surface area contributed by atoms with Crippen LogP contribution in [0.1, 0.15) is 11.1 Å². The first-order chi connectivity index (χ1) is 11.6. The fourth-order valence-corrected chi connectivity index (χ4v) is 2.57. The molecule has 3 nitrogen and oxygen atoms in total. The molecule has 0 aliphatic carbocycles. The quantitative estimate of drug-likeness (QED) is 0.469. The standard InChI is InChI=1S/C19H13Cl2NO2/c20-16-8-6-13(11-17(16)21)7-9-18(23)24-12-15-4-1-3-14-5-2-10-22-19(14)15/h1-11H,12H2/b9-7+. The number of hydrogen-bond donors (Lipinski definition) is 0. The fraction of sp³-hybridized carbons (Fsp3) is 0.0526. The van der Waals surface area contributed by atoms with Crippen LogP contribution in [0.25, 0.3) is 17.0 Å². The average molecular weight is 358 g/mol. The summed E-state index contributed by atoms with van der Waals surface area (Å²) in [4.78, 5) is 16.2. The fourth-order valence-electron chi connectivity index (χ4n) is 2.26. The summed E-state index contributed by atoms with van der Waals surface area (Å²) in [6, 6.07) is 14.8. The molecule has 0 saturated heterocycles. The van der Waals surface area contributed by atoms with Crippen molar-refractivity contribution in [1.29, 1.82) is 0 Å². The van der Waals surface area contributed by atoms with Crippen LogP contribution in [-0.2, 0) is 16.1 Å². The summed E-state index contributed by atoms with van der Waals surface area (Å²) >= 11 is 11.8. The van der Waals surface area contributed by atoms with E-state index in [4.69, 9.17) is 27.9 Å². The second-order valence-electron chi connectivity index (χ2n) is 5.11. The maximum atomic E-state index is 11.9. The van der Waals surface area contributed by atoms with Crippen LogP contribution in [0.15, 0.2) is 60.8 Å². The highest BCUT2D eigenvalue weighted by atomic mass is 35.5. The largest absolute Gasteiger partial charge is 0.458 e. The highest BCUT2D eigenvalue weighted by molar-refractivity contribution is 6.42. The van der Waals surface area contributed by atoms with Crippen molar-refractivity contribution in [2.45, 2.75) is 6.61 Å². The molecule has 0 aliphatic rings. The summed E-state index contributed by atoms with van der Waals surface area (Å²) < 4.78 is 5.29. The van der Waals surface area contributed by atoms with E-state index in [2.05, 4.69) is 4.98 Å². The number of carbonyl (C=O) groups is 1. The summed E-state index contributed by atoms with van der Waals surface area (Å²) in [6.45, 7) is 0.166. The maximum absolute atomic E-state index is 11.9. The predicted octanol–water partition coefficient (Wildman–Crippen LogP) is 5.30. The molecule has 0 bridgehead atoms. The van der Waals surface area contributed by atoms with Gasteiger partial charge in [0, 0.05) is 23.2 Å². The summed E-state index contributed by atoms with van der Waals surface area (Å²) in [5.74, 6) is -0.436. The molecule has 0 unspecified atom stereocenters. The third kappa shape index (κ3) is 3.94. The van der Waals surface area contributed by atoms with E-state index in [-0.39, 0.29) is 6.61 Å². The van der Waals surface area contributed by atoms with Crippen molar-refractivity contribution < 1.29 is 9.53 Å². The van der Waals surface area contributed by atoms with E-state index in [0.29, 0.717) is 10.0 Å². The minimum Gasteiger partial charge on any atom is -0.458 e. The number of ether oxygens (including phenoxy) is 1. The number of esters is 1. The highest BCUT2D eigenvalue weighted by Crippen LogP contribution is 2.23. The molecule has 0 radical (unpaired) electrons. The van der Waals surface area contributed by atoms with Gasteiger partial charge in [-0.1, -0.05) is 53.5 Å². The van der Waals surface area contributed by atoms with E-state index >= 15 is 0 Å². The van der Waals surface area contributed by atoms with Crippen molar-refractivity contribution >= 4 is 46.2 Å². The Morgan fingerprint density at radius 2 is 1.92 bits per heavy atom. The Hall–Kier alpha value is -2.36. The normalized spacial score (nSPS) is 11.1. The number of aromatic nitrogens is 1. The van der Waals surface area contributed by atoms with Gasteiger partial charge in [0.25, 0.3) is 0 Å². The summed E-state index contributed by atoms with van der Waals surface area (Å²) in [6.07, 6.45) is 4.71. The number of fused-ring (bicyclic) bond motifs is 1. The van der Waals surface area contributed by atoms with Crippen LogP contribution in [0.2, 0.25) is 10.0 Å². The molecule has 2 aromatic carbocycles.